The minimum atomic E-state index is -3.82. The molecule has 1 aromatic carbocycles. The van der Waals surface area contributed by atoms with Gasteiger partial charge in [0.25, 0.3) is 0 Å². The van der Waals surface area contributed by atoms with Gasteiger partial charge >= 0.3 is 0 Å². The molecule has 1 rings (SSSR count). The van der Waals surface area contributed by atoms with Crippen molar-refractivity contribution in [1.29, 1.82) is 0 Å². The maximum absolute atomic E-state index is 12.4. The lowest BCUT2D eigenvalue weighted by atomic mass is 10.3. The number of nitrogens with one attached hydrogen (secondary N) is 1. The van der Waals surface area contributed by atoms with E-state index in [4.69, 9.17) is 17.3 Å². The second-order valence-electron chi connectivity index (χ2n) is 3.79. The number of carbonyl (C=O) groups is 1. The van der Waals surface area contributed by atoms with Crippen LogP contribution in [-0.4, -0.2) is 38.8 Å². The number of hydrogen-bond acceptors (Lipinski definition) is 4. The molecule has 6 nitrogen and oxygen atoms in total. The fourth-order valence-corrected chi connectivity index (χ4v) is 3.40. The van der Waals surface area contributed by atoms with Crippen molar-refractivity contribution in [2.75, 3.05) is 25.9 Å². The zero-order chi connectivity index (χ0) is 14.6. The van der Waals surface area contributed by atoms with Gasteiger partial charge in [0.2, 0.25) is 15.9 Å². The molecule has 0 fully saturated rings. The summed E-state index contributed by atoms with van der Waals surface area (Å²) in [4.78, 5) is 11.3. The van der Waals surface area contributed by atoms with Crippen molar-refractivity contribution in [2.45, 2.75) is 11.8 Å². The van der Waals surface area contributed by atoms with E-state index < -0.39 is 15.9 Å². The summed E-state index contributed by atoms with van der Waals surface area (Å²) in [5, 5.41) is 2.42. The van der Waals surface area contributed by atoms with Gasteiger partial charge in [0, 0.05) is 19.3 Å². The Bertz CT molecular complexity index is 575. The van der Waals surface area contributed by atoms with E-state index in [2.05, 4.69) is 5.32 Å². The van der Waals surface area contributed by atoms with E-state index in [0.717, 1.165) is 4.31 Å². The number of benzene rings is 1. The molecule has 0 saturated heterocycles. The van der Waals surface area contributed by atoms with Crippen LogP contribution in [0.25, 0.3) is 0 Å². The highest BCUT2D eigenvalue weighted by Gasteiger charge is 2.27. The average Bonchev–Trinajstić information content (AvgIpc) is 2.34. The third-order valence-electron chi connectivity index (χ3n) is 2.53. The van der Waals surface area contributed by atoms with Crippen molar-refractivity contribution in [3.05, 3.63) is 23.2 Å². The first kappa shape index (κ1) is 15.7. The minimum Gasteiger partial charge on any atom is -0.399 e. The molecule has 0 heterocycles. The van der Waals surface area contributed by atoms with Crippen LogP contribution >= 0.6 is 11.6 Å². The van der Waals surface area contributed by atoms with Gasteiger partial charge in [-0.25, -0.2) is 8.42 Å². The Hall–Kier alpha value is -1.31. The number of anilines is 1. The van der Waals surface area contributed by atoms with Crippen molar-refractivity contribution in [2.24, 2.45) is 0 Å². The van der Waals surface area contributed by atoms with Gasteiger partial charge in [0.05, 0.1) is 11.6 Å². The maximum Gasteiger partial charge on any atom is 0.245 e. The molecule has 19 heavy (non-hydrogen) atoms. The van der Waals surface area contributed by atoms with Crippen LogP contribution in [0.5, 0.6) is 0 Å². The smallest absolute Gasteiger partial charge is 0.245 e. The number of amides is 1. The average molecular weight is 306 g/mol. The van der Waals surface area contributed by atoms with Gasteiger partial charge in [0.1, 0.15) is 4.90 Å². The van der Waals surface area contributed by atoms with E-state index in [9.17, 15) is 13.2 Å². The highest BCUT2D eigenvalue weighted by Crippen LogP contribution is 2.26. The second-order valence-corrected chi connectivity index (χ2v) is 6.11. The van der Waals surface area contributed by atoms with E-state index in [-0.39, 0.29) is 23.0 Å². The molecule has 0 spiro atoms. The lowest BCUT2D eigenvalue weighted by Gasteiger charge is -2.20. The first-order chi connectivity index (χ1) is 8.82. The molecule has 0 aliphatic rings. The quantitative estimate of drug-likeness (QED) is 0.782. The number of hydrogen-bond donors (Lipinski definition) is 2. The number of carbonyl (C=O) groups excluding carboxylic acids is 1. The van der Waals surface area contributed by atoms with Crippen molar-refractivity contribution in [3.63, 3.8) is 0 Å². The molecule has 0 radical (unpaired) electrons. The summed E-state index contributed by atoms with van der Waals surface area (Å²) in [5.41, 5.74) is 5.90. The van der Waals surface area contributed by atoms with Crippen LogP contribution < -0.4 is 11.1 Å². The second kappa shape index (κ2) is 6.23. The van der Waals surface area contributed by atoms with Crippen LogP contribution in [0, 0.1) is 0 Å². The van der Waals surface area contributed by atoms with Crippen molar-refractivity contribution >= 4 is 33.2 Å². The Morgan fingerprint density at radius 3 is 2.58 bits per heavy atom. The van der Waals surface area contributed by atoms with Crippen LogP contribution in [0.4, 0.5) is 5.69 Å². The van der Waals surface area contributed by atoms with Gasteiger partial charge in [-0.2, -0.15) is 4.31 Å². The largest absolute Gasteiger partial charge is 0.399 e. The van der Waals surface area contributed by atoms with E-state index in [1.807, 2.05) is 0 Å². The molecule has 1 aromatic rings. The maximum atomic E-state index is 12.4. The summed E-state index contributed by atoms with van der Waals surface area (Å²) in [6.07, 6.45) is 0. The van der Waals surface area contributed by atoms with Crippen LogP contribution in [-0.2, 0) is 14.8 Å². The predicted octanol–water partition coefficient (Wildman–Crippen LogP) is 0.679. The summed E-state index contributed by atoms with van der Waals surface area (Å²) in [6.45, 7) is 1.55. The first-order valence-electron chi connectivity index (χ1n) is 5.58. The SMILES string of the molecule is CCN(CC(=O)NC)S(=O)(=O)c1ccc(N)cc1Cl. The van der Waals surface area contributed by atoms with Gasteiger partial charge in [-0.1, -0.05) is 18.5 Å². The Morgan fingerprint density at radius 1 is 1.47 bits per heavy atom. The van der Waals surface area contributed by atoms with E-state index in [1.165, 1.54) is 25.2 Å². The lowest BCUT2D eigenvalue weighted by molar-refractivity contribution is -0.120. The standard InChI is InChI=1S/C11H16ClN3O3S/c1-3-15(7-11(16)14-2)19(17,18)10-5-4-8(13)6-9(10)12/h4-6H,3,7,13H2,1-2H3,(H,14,16). The molecule has 8 heteroatoms. The Morgan fingerprint density at radius 2 is 2.11 bits per heavy atom. The lowest BCUT2D eigenvalue weighted by Crippen LogP contribution is -2.39. The van der Waals surface area contributed by atoms with Gasteiger partial charge in [-0.3, -0.25) is 4.79 Å². The Kier molecular flexibility index (Phi) is 5.16. The summed E-state index contributed by atoms with van der Waals surface area (Å²) < 4.78 is 25.8. The molecule has 0 aliphatic heterocycles. The van der Waals surface area contributed by atoms with E-state index in [0.29, 0.717) is 5.69 Å². The molecule has 0 unspecified atom stereocenters. The molecule has 0 atom stereocenters. The topological polar surface area (TPSA) is 92.5 Å². The van der Waals surface area contributed by atoms with Crippen LogP contribution in [0.1, 0.15) is 6.92 Å². The van der Waals surface area contributed by atoms with Crippen molar-refractivity contribution < 1.29 is 13.2 Å². The van der Waals surface area contributed by atoms with E-state index >= 15 is 0 Å². The number of rotatable bonds is 5. The molecule has 0 bridgehead atoms. The van der Waals surface area contributed by atoms with Gasteiger partial charge in [-0.15, -0.1) is 0 Å². The highest BCUT2D eigenvalue weighted by atomic mass is 35.5. The van der Waals surface area contributed by atoms with Gasteiger partial charge in [0.15, 0.2) is 0 Å². The third-order valence-corrected chi connectivity index (χ3v) is 4.93. The molecule has 106 valence electrons. The normalized spacial score (nSPS) is 11.6. The summed E-state index contributed by atoms with van der Waals surface area (Å²) in [7, 11) is -2.38. The Labute approximate surface area is 117 Å². The molecular formula is C11H16ClN3O3S. The van der Waals surface area contributed by atoms with Crippen LogP contribution in [0.15, 0.2) is 23.1 Å². The molecule has 1 amide bonds. The van der Waals surface area contributed by atoms with Crippen molar-refractivity contribution in [1.82, 2.24) is 9.62 Å². The number of sulfonamides is 1. The number of nitrogens with zero attached hydrogens (tertiary/aromatic N) is 1. The number of likely N-dealkylation sites (N-methyl/N-ethyl adjacent to an activating group) is 2. The monoisotopic (exact) mass is 305 g/mol. The number of nitrogen functional groups attached to an aromatic ring is 1. The van der Waals surface area contributed by atoms with Crippen LogP contribution in [0.2, 0.25) is 5.02 Å². The summed E-state index contributed by atoms with van der Waals surface area (Å²) >= 11 is 5.90. The highest BCUT2D eigenvalue weighted by molar-refractivity contribution is 7.89. The fraction of sp³-hybridized carbons (Fsp3) is 0.364. The predicted molar refractivity (Wildman–Crippen MR) is 74.4 cm³/mol. The molecule has 0 aliphatic carbocycles. The first-order valence-corrected chi connectivity index (χ1v) is 7.40. The van der Waals surface area contributed by atoms with E-state index in [1.54, 1.807) is 6.92 Å². The molecule has 0 saturated carbocycles. The van der Waals surface area contributed by atoms with Crippen molar-refractivity contribution in [3.8, 4) is 0 Å². The fourth-order valence-electron chi connectivity index (χ4n) is 1.47. The zero-order valence-corrected chi connectivity index (χ0v) is 12.3. The molecule has 3 N–H and O–H groups in total. The summed E-state index contributed by atoms with van der Waals surface area (Å²) in [6, 6.07) is 4.15. The van der Waals surface area contributed by atoms with Gasteiger partial charge in [-0.05, 0) is 18.2 Å². The molecule has 0 aromatic heterocycles. The van der Waals surface area contributed by atoms with Crippen LogP contribution in [0.3, 0.4) is 0 Å². The summed E-state index contributed by atoms with van der Waals surface area (Å²) in [5.74, 6) is -0.392. The minimum absolute atomic E-state index is 0.0374. The number of halogens is 1. The molecular weight excluding hydrogens is 290 g/mol. The van der Waals surface area contributed by atoms with Gasteiger partial charge < -0.3 is 11.1 Å². The Balaban J connectivity index is 3.17. The number of nitrogens with two attached hydrogens (primary N) is 1. The zero-order valence-electron chi connectivity index (χ0n) is 10.7. The third kappa shape index (κ3) is 3.59.